The molecule has 216 valence electrons. The topological polar surface area (TPSA) is 116 Å². The van der Waals surface area contributed by atoms with Crippen LogP contribution in [0.4, 0.5) is 4.39 Å². The number of carbonyl (C=O) groups excluding carboxylic acids is 3. The highest BCUT2D eigenvalue weighted by atomic mass is 19.1. The quantitative estimate of drug-likeness (QED) is 0.385. The largest absolute Gasteiger partial charge is 0.380 e. The van der Waals surface area contributed by atoms with E-state index in [1.807, 2.05) is 35.2 Å². The first-order chi connectivity index (χ1) is 19.8. The molecule has 2 aromatic carbocycles. The molecule has 1 aromatic heterocycles. The third-order valence-electron chi connectivity index (χ3n) is 8.82. The van der Waals surface area contributed by atoms with Gasteiger partial charge in [-0.2, -0.15) is 0 Å². The Balaban J connectivity index is 1.18. The number of piperidine rings is 1. The smallest absolute Gasteiger partial charge is 0.243 e. The maximum atomic E-state index is 14.2. The number of aromatic amines is 1. The first-order valence-electron chi connectivity index (χ1n) is 14.5. The number of halogens is 1. The van der Waals surface area contributed by atoms with Gasteiger partial charge in [0.15, 0.2) is 0 Å². The summed E-state index contributed by atoms with van der Waals surface area (Å²) in [5, 5.41) is 5.78. The molecule has 10 heteroatoms. The van der Waals surface area contributed by atoms with E-state index in [9.17, 15) is 18.8 Å². The lowest BCUT2D eigenvalue weighted by Gasteiger charge is -2.52. The second-order valence-corrected chi connectivity index (χ2v) is 11.9. The van der Waals surface area contributed by atoms with E-state index in [1.165, 1.54) is 6.07 Å². The maximum Gasteiger partial charge on any atom is 0.243 e. The van der Waals surface area contributed by atoms with Gasteiger partial charge >= 0.3 is 0 Å². The number of benzene rings is 2. The van der Waals surface area contributed by atoms with Crippen LogP contribution in [-0.2, 0) is 19.1 Å². The number of likely N-dealkylation sites (tertiary alicyclic amines) is 1. The predicted octanol–water partition coefficient (Wildman–Crippen LogP) is 3.93. The van der Waals surface area contributed by atoms with Crippen molar-refractivity contribution in [2.45, 2.75) is 63.6 Å². The van der Waals surface area contributed by atoms with E-state index < -0.39 is 23.8 Å². The summed E-state index contributed by atoms with van der Waals surface area (Å²) >= 11 is 0. The minimum atomic E-state index is -1.05. The molecule has 0 radical (unpaired) electrons. The number of nitrogens with one attached hydrogen (secondary N) is 3. The van der Waals surface area contributed by atoms with Crippen LogP contribution in [0.5, 0.6) is 0 Å². The molecule has 9 nitrogen and oxygen atoms in total. The van der Waals surface area contributed by atoms with Crippen molar-refractivity contribution in [1.29, 1.82) is 0 Å². The van der Waals surface area contributed by atoms with E-state index >= 15 is 0 Å². The van der Waals surface area contributed by atoms with Crippen LogP contribution in [0.1, 0.15) is 68.9 Å². The second-order valence-electron chi connectivity index (χ2n) is 11.9. The number of fused-ring (bicyclic) bond motifs is 1. The van der Waals surface area contributed by atoms with Crippen LogP contribution in [0.2, 0.25) is 0 Å². The summed E-state index contributed by atoms with van der Waals surface area (Å²) in [6.07, 6.45) is 4.07. The molecule has 1 spiro atoms. The van der Waals surface area contributed by atoms with Crippen LogP contribution >= 0.6 is 0 Å². The Morgan fingerprint density at radius 2 is 1.88 bits per heavy atom. The first-order valence-corrected chi connectivity index (χ1v) is 14.5. The van der Waals surface area contributed by atoms with Crippen molar-refractivity contribution < 1.29 is 23.5 Å². The van der Waals surface area contributed by atoms with Crippen LogP contribution in [0, 0.1) is 17.2 Å². The monoisotopic (exact) mass is 561 g/mol. The molecule has 3 fully saturated rings. The number of H-pyrrole nitrogens is 1. The van der Waals surface area contributed by atoms with Crippen molar-refractivity contribution in [3.8, 4) is 0 Å². The summed E-state index contributed by atoms with van der Waals surface area (Å²) in [5.41, 5.74) is 1.88. The number of hydrogen-bond acceptors (Lipinski definition) is 5. The lowest BCUT2D eigenvalue weighted by Crippen LogP contribution is -2.58. The standard InChI is InChI=1S/C31H36FN5O4/c1-19(28-34-23-11-7-10-22(32)27(23)36-28)33-30(40)24(35-29(39)21-15-31(16-21)17-41-18-31)14-26(38)37-13-6-5-12-25(37)20-8-3-2-4-9-20/h2-4,7-11,19,21,24-25H,5-6,12-18H2,1H3,(H,33,40)(H,34,36)(H,35,39)/t19-,24-,25-/m0/s1. The van der Waals surface area contributed by atoms with E-state index in [-0.39, 0.29) is 41.1 Å². The number of para-hydroxylation sites is 1. The fourth-order valence-corrected chi connectivity index (χ4v) is 6.44. The van der Waals surface area contributed by atoms with Crippen molar-refractivity contribution in [2.24, 2.45) is 11.3 Å². The van der Waals surface area contributed by atoms with E-state index in [1.54, 1.807) is 19.1 Å². The van der Waals surface area contributed by atoms with Crippen LogP contribution in [0.15, 0.2) is 48.5 Å². The molecule has 1 aliphatic carbocycles. The number of aromatic nitrogens is 2. The molecule has 0 unspecified atom stereocenters. The number of carbonyl (C=O) groups is 3. The Kier molecular flexibility index (Phi) is 7.50. The van der Waals surface area contributed by atoms with Crippen LogP contribution in [0.3, 0.4) is 0 Å². The fourth-order valence-electron chi connectivity index (χ4n) is 6.44. The van der Waals surface area contributed by atoms with Gasteiger partial charge < -0.3 is 25.3 Å². The number of rotatable bonds is 8. The van der Waals surface area contributed by atoms with Gasteiger partial charge in [0, 0.05) is 17.9 Å². The molecule has 3 aliphatic rings. The van der Waals surface area contributed by atoms with Gasteiger partial charge in [0.05, 0.1) is 37.2 Å². The summed E-state index contributed by atoms with van der Waals surface area (Å²) < 4.78 is 19.5. The van der Waals surface area contributed by atoms with Crippen LogP contribution in [0.25, 0.3) is 11.0 Å². The molecule has 0 bridgehead atoms. The van der Waals surface area contributed by atoms with Gasteiger partial charge in [-0.25, -0.2) is 9.37 Å². The van der Waals surface area contributed by atoms with E-state index in [2.05, 4.69) is 20.6 Å². The van der Waals surface area contributed by atoms with Crippen molar-refractivity contribution >= 4 is 28.8 Å². The van der Waals surface area contributed by atoms with Gasteiger partial charge in [-0.1, -0.05) is 36.4 Å². The normalized spacial score (nSPS) is 21.5. The summed E-state index contributed by atoms with van der Waals surface area (Å²) in [4.78, 5) is 49.7. The van der Waals surface area contributed by atoms with Gasteiger partial charge in [0.2, 0.25) is 17.7 Å². The lowest BCUT2D eigenvalue weighted by atomic mass is 9.60. The molecule has 3 N–H and O–H groups in total. The van der Waals surface area contributed by atoms with Gasteiger partial charge in [0.25, 0.3) is 0 Å². The summed E-state index contributed by atoms with van der Waals surface area (Å²) in [7, 11) is 0. The number of imidazole rings is 1. The highest BCUT2D eigenvalue weighted by molar-refractivity contribution is 5.93. The Labute approximate surface area is 238 Å². The van der Waals surface area contributed by atoms with Crippen LogP contribution in [-0.4, -0.2) is 58.4 Å². The van der Waals surface area contributed by atoms with Gasteiger partial charge in [-0.05, 0) is 56.7 Å². The van der Waals surface area contributed by atoms with Gasteiger partial charge in [0.1, 0.15) is 23.2 Å². The number of ether oxygens (including phenoxy) is 1. The number of hydrogen-bond donors (Lipinski definition) is 3. The molecular formula is C31H36FN5O4. The molecule has 3 heterocycles. The first kappa shape index (κ1) is 27.4. The molecule has 2 saturated heterocycles. The zero-order valence-electron chi connectivity index (χ0n) is 23.2. The summed E-state index contributed by atoms with van der Waals surface area (Å²) in [5.74, 6) is -1.11. The average molecular weight is 562 g/mol. The maximum absolute atomic E-state index is 14.2. The van der Waals surface area contributed by atoms with Gasteiger partial charge in [-0.3, -0.25) is 14.4 Å². The Bertz CT molecular complexity index is 1430. The van der Waals surface area contributed by atoms with Gasteiger partial charge in [-0.15, -0.1) is 0 Å². The SMILES string of the molecule is C[C@H](NC(=O)[C@H](CC(=O)N1CCCC[C@H]1c1ccccc1)NC(=O)C1CC2(COC2)C1)c1nc2cccc(F)c2[nH]1. The molecule has 3 atom stereocenters. The highest BCUT2D eigenvalue weighted by Gasteiger charge is 2.52. The van der Waals surface area contributed by atoms with E-state index in [4.69, 9.17) is 4.74 Å². The molecule has 6 rings (SSSR count). The highest BCUT2D eigenvalue weighted by Crippen LogP contribution is 2.50. The third kappa shape index (κ3) is 5.57. The Hall–Kier alpha value is -3.79. The van der Waals surface area contributed by atoms with Crippen LogP contribution < -0.4 is 10.6 Å². The minimum absolute atomic E-state index is 0.0636. The summed E-state index contributed by atoms with van der Waals surface area (Å²) in [6.45, 7) is 3.68. The number of amides is 3. The minimum Gasteiger partial charge on any atom is -0.380 e. The third-order valence-corrected chi connectivity index (χ3v) is 8.82. The zero-order chi connectivity index (χ0) is 28.6. The molecule has 3 amide bonds. The summed E-state index contributed by atoms with van der Waals surface area (Å²) in [6, 6.07) is 12.8. The van der Waals surface area contributed by atoms with Crippen molar-refractivity contribution in [1.82, 2.24) is 25.5 Å². The average Bonchev–Trinajstić information content (AvgIpc) is 3.38. The fraction of sp³-hybridized carbons (Fsp3) is 0.484. The molecule has 41 heavy (non-hydrogen) atoms. The zero-order valence-corrected chi connectivity index (χ0v) is 23.2. The molecule has 1 saturated carbocycles. The van der Waals surface area contributed by atoms with Crippen molar-refractivity contribution in [3.05, 3.63) is 65.7 Å². The Morgan fingerprint density at radius 3 is 2.59 bits per heavy atom. The van der Waals surface area contributed by atoms with Crippen molar-refractivity contribution in [2.75, 3.05) is 19.8 Å². The molecule has 3 aromatic rings. The Morgan fingerprint density at radius 1 is 1.10 bits per heavy atom. The lowest BCUT2D eigenvalue weighted by molar-refractivity contribution is -0.184. The van der Waals surface area contributed by atoms with Crippen molar-refractivity contribution in [3.63, 3.8) is 0 Å². The molecular weight excluding hydrogens is 525 g/mol. The number of nitrogens with zero attached hydrogens (tertiary/aromatic N) is 2. The second kappa shape index (κ2) is 11.2. The predicted molar refractivity (Wildman–Crippen MR) is 150 cm³/mol. The van der Waals surface area contributed by atoms with E-state index in [0.29, 0.717) is 31.1 Å². The van der Waals surface area contributed by atoms with E-state index in [0.717, 1.165) is 37.7 Å². The molecule has 2 aliphatic heterocycles.